The van der Waals surface area contributed by atoms with Crippen molar-refractivity contribution >= 4 is 0 Å². The zero-order chi connectivity index (χ0) is 7.81. The fraction of sp³-hybridized carbons (Fsp3) is 0.833. The zero-order valence-electron chi connectivity index (χ0n) is 7.55. The minimum atomic E-state index is 0.866. The minimum absolute atomic E-state index is 0.866. The Hall–Kier alpha value is -0.260. The predicted molar refractivity (Wildman–Crippen MR) is 48.7 cm³/mol. The Balaban J connectivity index is 1.91. The van der Waals surface area contributed by atoms with Crippen LogP contribution in [0.5, 0.6) is 0 Å². The van der Waals surface area contributed by atoms with E-state index in [1.165, 1.54) is 12.8 Å². The first kappa shape index (κ1) is 6.23. The van der Waals surface area contributed by atoms with Crippen LogP contribution in [-0.2, 0) is 0 Å². The molecule has 0 heterocycles. The Morgan fingerprint density at radius 2 is 1.17 bits per heavy atom. The van der Waals surface area contributed by atoms with E-state index < -0.39 is 0 Å². The van der Waals surface area contributed by atoms with E-state index in [0.29, 0.717) is 0 Å². The highest BCUT2D eigenvalue weighted by Crippen LogP contribution is 2.81. The van der Waals surface area contributed by atoms with Crippen LogP contribution in [0.1, 0.15) is 38.5 Å². The molecule has 0 aromatic heterocycles. The van der Waals surface area contributed by atoms with Gasteiger partial charge in [0.25, 0.3) is 0 Å². The average Bonchev–Trinajstić information content (AvgIpc) is 2.97. The van der Waals surface area contributed by atoms with Crippen LogP contribution in [-0.4, -0.2) is 0 Å². The third-order valence-corrected chi connectivity index (χ3v) is 5.35. The lowest BCUT2D eigenvalue weighted by Crippen LogP contribution is -2.39. The maximum absolute atomic E-state index is 2.56. The van der Waals surface area contributed by atoms with E-state index in [1.807, 2.05) is 0 Å². The van der Waals surface area contributed by atoms with Gasteiger partial charge in [0.2, 0.25) is 0 Å². The Bertz CT molecular complexity index is 238. The highest BCUT2D eigenvalue weighted by atomic mass is 14.8. The molecule has 0 radical (unpaired) electrons. The third-order valence-electron chi connectivity index (χ3n) is 5.35. The van der Waals surface area contributed by atoms with E-state index in [-0.39, 0.29) is 0 Å². The van der Waals surface area contributed by atoms with Crippen LogP contribution in [0.3, 0.4) is 0 Å². The van der Waals surface area contributed by atoms with Crippen molar-refractivity contribution in [2.24, 2.45) is 22.7 Å². The molecule has 5 rings (SSSR count). The van der Waals surface area contributed by atoms with Crippen molar-refractivity contribution in [3.63, 3.8) is 0 Å². The van der Waals surface area contributed by atoms with E-state index in [4.69, 9.17) is 0 Å². The molecule has 64 valence electrons. The number of fused-ring (bicyclic) bond motifs is 1. The Morgan fingerprint density at radius 1 is 0.750 bits per heavy atom. The first-order valence-electron chi connectivity index (χ1n) is 5.56. The minimum Gasteiger partial charge on any atom is -0.0845 e. The van der Waals surface area contributed by atoms with Gasteiger partial charge in [0.05, 0.1) is 0 Å². The molecule has 3 saturated carbocycles. The van der Waals surface area contributed by atoms with E-state index in [9.17, 15) is 0 Å². The smallest absolute Gasteiger partial charge is 0.0171 e. The zero-order valence-corrected chi connectivity index (χ0v) is 7.55. The van der Waals surface area contributed by atoms with E-state index in [0.717, 1.165) is 22.7 Å². The molecule has 0 nitrogen and oxygen atoms in total. The molecule has 5 aliphatic carbocycles. The molecule has 0 aromatic rings. The summed E-state index contributed by atoms with van der Waals surface area (Å²) in [6.07, 6.45) is 14.4. The summed E-state index contributed by atoms with van der Waals surface area (Å²) in [4.78, 5) is 0. The van der Waals surface area contributed by atoms with Crippen molar-refractivity contribution in [3.05, 3.63) is 12.2 Å². The number of rotatable bonds is 0. The largest absolute Gasteiger partial charge is 0.0845 e. The number of allylic oxidation sites excluding steroid dienone is 2. The van der Waals surface area contributed by atoms with Crippen LogP contribution >= 0.6 is 0 Å². The van der Waals surface area contributed by atoms with Crippen molar-refractivity contribution in [2.75, 3.05) is 0 Å². The van der Waals surface area contributed by atoms with Crippen molar-refractivity contribution in [1.29, 1.82) is 0 Å². The lowest BCUT2D eigenvalue weighted by atomic mass is 9.57. The summed E-state index contributed by atoms with van der Waals surface area (Å²) in [6, 6.07) is 0. The summed E-state index contributed by atoms with van der Waals surface area (Å²) < 4.78 is 0. The van der Waals surface area contributed by atoms with Crippen LogP contribution in [0.25, 0.3) is 0 Å². The first-order chi connectivity index (χ1) is 5.87. The Morgan fingerprint density at radius 3 is 1.42 bits per heavy atom. The van der Waals surface area contributed by atoms with Gasteiger partial charge in [0, 0.05) is 0 Å². The van der Waals surface area contributed by atoms with E-state index >= 15 is 0 Å². The van der Waals surface area contributed by atoms with Gasteiger partial charge in [-0.2, -0.15) is 0 Å². The highest BCUT2D eigenvalue weighted by molar-refractivity contribution is 5.30. The molecule has 3 fully saturated rings. The molecule has 5 aliphatic rings. The third kappa shape index (κ3) is 0.448. The van der Waals surface area contributed by atoms with Gasteiger partial charge in [-0.15, -0.1) is 0 Å². The second kappa shape index (κ2) is 1.54. The van der Waals surface area contributed by atoms with Crippen molar-refractivity contribution < 1.29 is 0 Å². The molecule has 12 heavy (non-hydrogen) atoms. The van der Waals surface area contributed by atoms with Gasteiger partial charge >= 0.3 is 0 Å². The second-order valence-electron chi connectivity index (χ2n) is 5.49. The molecular weight excluding hydrogens is 144 g/mol. The molecule has 0 heteroatoms. The van der Waals surface area contributed by atoms with Crippen molar-refractivity contribution in [3.8, 4) is 0 Å². The van der Waals surface area contributed by atoms with Gasteiger partial charge in [0.15, 0.2) is 0 Å². The fourth-order valence-corrected chi connectivity index (χ4v) is 4.49. The van der Waals surface area contributed by atoms with Crippen LogP contribution in [0.2, 0.25) is 0 Å². The quantitative estimate of drug-likeness (QED) is 0.477. The molecule has 0 saturated heterocycles. The molecule has 0 amide bonds. The number of hydrogen-bond acceptors (Lipinski definition) is 0. The molecule has 0 N–H and O–H groups in total. The maximum Gasteiger partial charge on any atom is -0.0171 e. The standard InChI is InChI=1S/C12H16/c1-2-10-4-3-9(1)11(5-6-11)12(10)7-8-12/h1-2,9-10H,3-8H2/t9-,10+. The van der Waals surface area contributed by atoms with Gasteiger partial charge in [-0.3, -0.25) is 0 Å². The second-order valence-corrected chi connectivity index (χ2v) is 5.49. The molecule has 0 unspecified atom stereocenters. The van der Waals surface area contributed by atoms with Crippen LogP contribution < -0.4 is 0 Å². The summed E-state index contributed by atoms with van der Waals surface area (Å²) in [7, 11) is 0. The lowest BCUT2D eigenvalue weighted by Gasteiger charge is -2.47. The van der Waals surface area contributed by atoms with Crippen LogP contribution in [0, 0.1) is 22.7 Å². The number of hydrogen-bond donors (Lipinski definition) is 0. The van der Waals surface area contributed by atoms with Gasteiger partial charge in [-0.1, -0.05) is 12.2 Å². The highest BCUT2D eigenvalue weighted by Gasteiger charge is 2.72. The van der Waals surface area contributed by atoms with Gasteiger partial charge in [0.1, 0.15) is 0 Å². The van der Waals surface area contributed by atoms with Crippen LogP contribution in [0.15, 0.2) is 12.2 Å². The van der Waals surface area contributed by atoms with Gasteiger partial charge in [-0.25, -0.2) is 0 Å². The Kier molecular flexibility index (Phi) is 0.799. The predicted octanol–water partition coefficient (Wildman–Crippen LogP) is 3.14. The summed E-state index contributed by atoms with van der Waals surface area (Å²) in [6.45, 7) is 0. The summed E-state index contributed by atoms with van der Waals surface area (Å²) in [5.74, 6) is 2.01. The summed E-state index contributed by atoms with van der Waals surface area (Å²) in [5.41, 5.74) is 1.73. The summed E-state index contributed by atoms with van der Waals surface area (Å²) >= 11 is 0. The molecule has 2 atom stereocenters. The van der Waals surface area contributed by atoms with E-state index in [2.05, 4.69) is 12.2 Å². The SMILES string of the molecule is C1=C[C@H]2CC[C@@H]1C1(CC1)C21CC1. The summed E-state index contributed by atoms with van der Waals surface area (Å²) in [5, 5.41) is 0. The lowest BCUT2D eigenvalue weighted by molar-refractivity contribution is 0.0766. The average molecular weight is 160 g/mol. The Labute approximate surface area is 74.0 Å². The molecule has 2 bridgehead atoms. The monoisotopic (exact) mass is 160 g/mol. The van der Waals surface area contributed by atoms with Gasteiger partial charge in [-0.05, 0) is 61.2 Å². The van der Waals surface area contributed by atoms with E-state index in [1.54, 1.807) is 25.7 Å². The van der Waals surface area contributed by atoms with Crippen molar-refractivity contribution in [1.82, 2.24) is 0 Å². The van der Waals surface area contributed by atoms with Crippen molar-refractivity contribution in [2.45, 2.75) is 38.5 Å². The molecule has 0 aromatic carbocycles. The first-order valence-corrected chi connectivity index (χ1v) is 5.56. The normalized spacial score (nSPS) is 48.7. The topological polar surface area (TPSA) is 0 Å². The molecule has 2 spiro atoms. The fourth-order valence-electron chi connectivity index (χ4n) is 4.49. The van der Waals surface area contributed by atoms with Crippen LogP contribution in [0.4, 0.5) is 0 Å². The maximum atomic E-state index is 2.56. The molecule has 0 aliphatic heterocycles. The molecular formula is C12H16. The van der Waals surface area contributed by atoms with Gasteiger partial charge < -0.3 is 0 Å².